The predicted molar refractivity (Wildman–Crippen MR) is 99.6 cm³/mol. The summed E-state index contributed by atoms with van der Waals surface area (Å²) in [4.78, 5) is 23.6. The molecule has 1 aromatic carbocycles. The van der Waals surface area contributed by atoms with E-state index in [2.05, 4.69) is 15.8 Å². The average Bonchev–Trinajstić information content (AvgIpc) is 3.13. The van der Waals surface area contributed by atoms with Crippen LogP contribution < -0.4 is 15.4 Å². The van der Waals surface area contributed by atoms with Gasteiger partial charge in [-0.3, -0.25) is 9.59 Å². The Morgan fingerprint density at radius 2 is 1.96 bits per heavy atom. The van der Waals surface area contributed by atoms with Gasteiger partial charge in [0, 0.05) is 37.9 Å². The van der Waals surface area contributed by atoms with Gasteiger partial charge in [0.15, 0.2) is 11.5 Å². The van der Waals surface area contributed by atoms with Crippen molar-refractivity contribution >= 4 is 17.5 Å². The molecule has 8 nitrogen and oxygen atoms in total. The van der Waals surface area contributed by atoms with Gasteiger partial charge in [-0.25, -0.2) is 0 Å². The Morgan fingerprint density at radius 3 is 2.63 bits per heavy atom. The molecule has 27 heavy (non-hydrogen) atoms. The van der Waals surface area contributed by atoms with Gasteiger partial charge in [-0.05, 0) is 30.7 Å². The minimum Gasteiger partial charge on any atom is -0.486 e. The summed E-state index contributed by atoms with van der Waals surface area (Å²) in [6.07, 6.45) is 0.726. The van der Waals surface area contributed by atoms with Crippen LogP contribution in [0.25, 0.3) is 0 Å². The predicted octanol–water partition coefficient (Wildman–Crippen LogP) is 2.61. The Balaban J connectivity index is 1.80. The molecule has 8 heteroatoms. The zero-order valence-electron chi connectivity index (χ0n) is 15.8. The summed E-state index contributed by atoms with van der Waals surface area (Å²) in [6, 6.07) is 8.55. The number of aromatic nitrogens is 1. The molecule has 0 aliphatic heterocycles. The van der Waals surface area contributed by atoms with Crippen molar-refractivity contribution in [1.82, 2.24) is 10.5 Å². The minimum absolute atomic E-state index is 0.0432. The molecule has 0 unspecified atom stereocenters. The van der Waals surface area contributed by atoms with E-state index < -0.39 is 0 Å². The zero-order valence-corrected chi connectivity index (χ0v) is 15.8. The summed E-state index contributed by atoms with van der Waals surface area (Å²) in [5.41, 5.74) is 0.908. The lowest BCUT2D eigenvalue weighted by Gasteiger charge is -2.08. The molecule has 0 aliphatic carbocycles. The number of methoxy groups -OCH3 is 1. The lowest BCUT2D eigenvalue weighted by Crippen LogP contribution is -2.25. The van der Waals surface area contributed by atoms with Gasteiger partial charge in [0.1, 0.15) is 12.4 Å². The SMILES string of the molecule is COCCCNC(=O)c1cc(COc2ccc(NC(=O)C(C)C)cc2)on1. The highest BCUT2D eigenvalue weighted by molar-refractivity contribution is 5.92. The van der Waals surface area contributed by atoms with Gasteiger partial charge in [-0.2, -0.15) is 0 Å². The number of nitrogens with zero attached hydrogens (tertiary/aromatic N) is 1. The maximum Gasteiger partial charge on any atom is 0.273 e. The van der Waals surface area contributed by atoms with Crippen LogP contribution in [-0.2, 0) is 16.1 Å². The van der Waals surface area contributed by atoms with E-state index in [0.717, 1.165) is 6.42 Å². The minimum atomic E-state index is -0.300. The van der Waals surface area contributed by atoms with Crippen molar-refractivity contribution < 1.29 is 23.6 Å². The van der Waals surface area contributed by atoms with E-state index in [1.807, 2.05) is 13.8 Å². The molecule has 1 aromatic heterocycles. The van der Waals surface area contributed by atoms with E-state index in [1.54, 1.807) is 37.4 Å². The number of rotatable bonds is 10. The van der Waals surface area contributed by atoms with Crippen molar-refractivity contribution in [3.63, 3.8) is 0 Å². The zero-order chi connectivity index (χ0) is 19.6. The molecule has 0 saturated carbocycles. The van der Waals surface area contributed by atoms with Gasteiger partial charge in [0.25, 0.3) is 5.91 Å². The summed E-state index contributed by atoms with van der Waals surface area (Å²) in [6.45, 7) is 4.89. The highest BCUT2D eigenvalue weighted by atomic mass is 16.5. The molecule has 2 aromatic rings. The molecular weight excluding hydrogens is 350 g/mol. The van der Waals surface area contributed by atoms with Gasteiger partial charge < -0.3 is 24.6 Å². The summed E-state index contributed by atoms with van der Waals surface area (Å²) in [5, 5.41) is 9.29. The van der Waals surface area contributed by atoms with Crippen LogP contribution in [0.5, 0.6) is 5.75 Å². The quantitative estimate of drug-likeness (QED) is 0.619. The topological polar surface area (TPSA) is 103 Å². The van der Waals surface area contributed by atoms with E-state index in [9.17, 15) is 9.59 Å². The second-order valence-electron chi connectivity index (χ2n) is 6.24. The van der Waals surface area contributed by atoms with Crippen molar-refractivity contribution in [2.45, 2.75) is 26.9 Å². The third kappa shape index (κ3) is 6.74. The summed E-state index contributed by atoms with van der Waals surface area (Å²) < 4.78 is 15.7. The molecule has 0 fully saturated rings. The van der Waals surface area contributed by atoms with Gasteiger partial charge >= 0.3 is 0 Å². The molecule has 0 bridgehead atoms. The Labute approximate surface area is 158 Å². The number of hydrogen-bond donors (Lipinski definition) is 2. The first-order valence-electron chi connectivity index (χ1n) is 8.76. The number of anilines is 1. The number of nitrogens with one attached hydrogen (secondary N) is 2. The molecule has 1 heterocycles. The van der Waals surface area contributed by atoms with Gasteiger partial charge in [-0.15, -0.1) is 0 Å². The van der Waals surface area contributed by atoms with Crippen molar-refractivity contribution in [2.75, 3.05) is 25.6 Å². The van der Waals surface area contributed by atoms with Crippen LogP contribution in [0.4, 0.5) is 5.69 Å². The summed E-state index contributed by atoms with van der Waals surface area (Å²) in [5.74, 6) is 0.622. The number of amides is 2. The number of ether oxygens (including phenoxy) is 2. The molecule has 0 saturated heterocycles. The Kier molecular flexibility index (Phi) is 7.81. The fourth-order valence-corrected chi connectivity index (χ4v) is 2.07. The first-order chi connectivity index (χ1) is 13.0. The smallest absolute Gasteiger partial charge is 0.273 e. The van der Waals surface area contributed by atoms with Crippen LogP contribution in [0.15, 0.2) is 34.9 Å². The van der Waals surface area contributed by atoms with Crippen molar-refractivity contribution in [3.8, 4) is 5.75 Å². The molecule has 146 valence electrons. The van der Waals surface area contributed by atoms with E-state index in [-0.39, 0.29) is 30.0 Å². The van der Waals surface area contributed by atoms with E-state index in [1.165, 1.54) is 0 Å². The lowest BCUT2D eigenvalue weighted by atomic mass is 10.2. The number of carbonyl (C=O) groups excluding carboxylic acids is 2. The molecule has 2 amide bonds. The highest BCUT2D eigenvalue weighted by Crippen LogP contribution is 2.18. The Hall–Kier alpha value is -2.87. The van der Waals surface area contributed by atoms with E-state index in [4.69, 9.17) is 14.0 Å². The third-order valence-electron chi connectivity index (χ3n) is 3.63. The van der Waals surface area contributed by atoms with Crippen molar-refractivity contribution in [2.24, 2.45) is 5.92 Å². The van der Waals surface area contributed by atoms with Gasteiger partial charge in [-0.1, -0.05) is 19.0 Å². The van der Waals surface area contributed by atoms with Crippen LogP contribution in [0, 0.1) is 5.92 Å². The van der Waals surface area contributed by atoms with Crippen LogP contribution in [0.3, 0.4) is 0 Å². The Morgan fingerprint density at radius 1 is 1.22 bits per heavy atom. The van der Waals surface area contributed by atoms with Crippen LogP contribution in [0.1, 0.15) is 36.5 Å². The van der Waals surface area contributed by atoms with E-state index in [0.29, 0.717) is 30.3 Å². The number of carbonyl (C=O) groups is 2. The fraction of sp³-hybridized carbons (Fsp3) is 0.421. The third-order valence-corrected chi connectivity index (χ3v) is 3.63. The molecule has 2 N–H and O–H groups in total. The number of benzene rings is 1. The first-order valence-corrected chi connectivity index (χ1v) is 8.76. The molecule has 2 rings (SSSR count). The molecule has 0 radical (unpaired) electrons. The Bertz CT molecular complexity index is 740. The highest BCUT2D eigenvalue weighted by Gasteiger charge is 2.12. The molecule has 0 aliphatic rings. The van der Waals surface area contributed by atoms with Gasteiger partial charge in [0.05, 0.1) is 0 Å². The fourth-order valence-electron chi connectivity index (χ4n) is 2.07. The second-order valence-corrected chi connectivity index (χ2v) is 6.24. The van der Waals surface area contributed by atoms with Crippen LogP contribution in [-0.4, -0.2) is 37.2 Å². The van der Waals surface area contributed by atoms with Crippen LogP contribution in [0.2, 0.25) is 0 Å². The largest absolute Gasteiger partial charge is 0.486 e. The van der Waals surface area contributed by atoms with Gasteiger partial charge in [0.2, 0.25) is 5.91 Å². The maximum atomic E-state index is 11.9. The normalized spacial score (nSPS) is 10.7. The van der Waals surface area contributed by atoms with Crippen LogP contribution >= 0.6 is 0 Å². The molecule has 0 atom stereocenters. The maximum absolute atomic E-state index is 11.9. The first kappa shape index (κ1) is 20.4. The lowest BCUT2D eigenvalue weighted by molar-refractivity contribution is -0.118. The molecule has 0 spiro atoms. The average molecular weight is 375 g/mol. The summed E-state index contributed by atoms with van der Waals surface area (Å²) >= 11 is 0. The summed E-state index contributed by atoms with van der Waals surface area (Å²) in [7, 11) is 1.61. The van der Waals surface area contributed by atoms with Crippen molar-refractivity contribution in [1.29, 1.82) is 0 Å². The number of hydrogen-bond acceptors (Lipinski definition) is 6. The van der Waals surface area contributed by atoms with E-state index >= 15 is 0 Å². The monoisotopic (exact) mass is 375 g/mol. The second kappa shape index (κ2) is 10.3. The standard InChI is InChI=1S/C19H25N3O5/c1-13(2)18(23)21-14-5-7-15(8-6-14)26-12-16-11-17(22-27-16)19(24)20-9-4-10-25-3/h5-8,11,13H,4,9-10,12H2,1-3H3,(H,20,24)(H,21,23). The van der Waals surface area contributed by atoms with Crippen molar-refractivity contribution in [3.05, 3.63) is 41.8 Å². The molecular formula is C19H25N3O5.